The van der Waals surface area contributed by atoms with Crippen LogP contribution < -0.4 is 4.72 Å². The van der Waals surface area contributed by atoms with Crippen LogP contribution in [0.4, 0.5) is 18.9 Å². The van der Waals surface area contributed by atoms with Crippen LogP contribution in [0.1, 0.15) is 5.56 Å². The van der Waals surface area contributed by atoms with Crippen molar-refractivity contribution in [3.05, 3.63) is 54.1 Å². The number of halogens is 3. The van der Waals surface area contributed by atoms with Gasteiger partial charge in [0.25, 0.3) is 10.0 Å². The standard InChI is InChI=1S/C13H10F3NO3S/c14-13(15,16)9-4-3-5-10(8-9)21(19,20)17-11-6-1-2-7-12(11)18/h1-8,17-18H. The number of sulfonamides is 1. The Morgan fingerprint density at radius 1 is 1.00 bits per heavy atom. The highest BCUT2D eigenvalue weighted by molar-refractivity contribution is 7.92. The molecule has 2 rings (SSSR count). The monoisotopic (exact) mass is 317 g/mol. The summed E-state index contributed by atoms with van der Waals surface area (Å²) in [6.07, 6.45) is -4.64. The summed E-state index contributed by atoms with van der Waals surface area (Å²) in [4.78, 5) is -0.541. The molecule has 0 spiro atoms. The fourth-order valence-corrected chi connectivity index (χ4v) is 2.72. The normalized spacial score (nSPS) is 12.1. The Kier molecular flexibility index (Phi) is 3.82. The first-order valence-corrected chi connectivity index (χ1v) is 7.16. The highest BCUT2D eigenvalue weighted by atomic mass is 32.2. The number of para-hydroxylation sites is 2. The molecular formula is C13H10F3NO3S. The largest absolute Gasteiger partial charge is 0.506 e. The Morgan fingerprint density at radius 2 is 1.67 bits per heavy atom. The zero-order valence-electron chi connectivity index (χ0n) is 10.4. The number of alkyl halides is 3. The minimum absolute atomic E-state index is 0.116. The molecule has 0 radical (unpaired) electrons. The fourth-order valence-electron chi connectivity index (χ4n) is 1.60. The van der Waals surface area contributed by atoms with Gasteiger partial charge in [-0.15, -0.1) is 0 Å². The van der Waals surface area contributed by atoms with Crippen molar-refractivity contribution >= 4 is 15.7 Å². The number of hydrogen-bond donors (Lipinski definition) is 2. The average molecular weight is 317 g/mol. The van der Waals surface area contributed by atoms with Crippen molar-refractivity contribution in [2.45, 2.75) is 11.1 Å². The molecule has 0 saturated heterocycles. The van der Waals surface area contributed by atoms with Gasteiger partial charge in [0.2, 0.25) is 0 Å². The highest BCUT2D eigenvalue weighted by Gasteiger charge is 2.31. The molecule has 8 heteroatoms. The van der Waals surface area contributed by atoms with E-state index in [1.807, 2.05) is 4.72 Å². The first-order valence-electron chi connectivity index (χ1n) is 5.68. The van der Waals surface area contributed by atoms with Crippen LogP contribution in [-0.4, -0.2) is 13.5 Å². The molecule has 4 nitrogen and oxygen atoms in total. The predicted molar refractivity (Wildman–Crippen MR) is 70.4 cm³/mol. The van der Waals surface area contributed by atoms with E-state index in [1.54, 1.807) is 0 Å². The quantitative estimate of drug-likeness (QED) is 0.854. The number of aromatic hydroxyl groups is 1. The first-order chi connectivity index (χ1) is 9.70. The van der Waals surface area contributed by atoms with Crippen molar-refractivity contribution in [2.24, 2.45) is 0 Å². The summed E-state index contributed by atoms with van der Waals surface area (Å²) in [5, 5.41) is 9.50. The molecule has 0 amide bonds. The van der Waals surface area contributed by atoms with Gasteiger partial charge in [-0.05, 0) is 30.3 Å². The molecular weight excluding hydrogens is 307 g/mol. The summed E-state index contributed by atoms with van der Waals surface area (Å²) in [5.74, 6) is -0.326. The van der Waals surface area contributed by atoms with Crippen LogP contribution in [0.5, 0.6) is 5.75 Å². The number of anilines is 1. The smallest absolute Gasteiger partial charge is 0.416 e. The van der Waals surface area contributed by atoms with Gasteiger partial charge in [-0.25, -0.2) is 8.42 Å². The van der Waals surface area contributed by atoms with Crippen molar-refractivity contribution < 1.29 is 26.7 Å². The summed E-state index contributed by atoms with van der Waals surface area (Å²) in [5.41, 5.74) is -1.18. The highest BCUT2D eigenvalue weighted by Crippen LogP contribution is 2.31. The SMILES string of the molecule is O=S(=O)(Nc1ccccc1O)c1cccc(C(F)(F)F)c1. The van der Waals surface area contributed by atoms with Crippen LogP contribution in [0.3, 0.4) is 0 Å². The van der Waals surface area contributed by atoms with E-state index in [-0.39, 0.29) is 11.4 Å². The van der Waals surface area contributed by atoms with Crippen molar-refractivity contribution in [1.29, 1.82) is 0 Å². The van der Waals surface area contributed by atoms with Crippen molar-refractivity contribution in [2.75, 3.05) is 4.72 Å². The van der Waals surface area contributed by atoms with Gasteiger partial charge in [0.1, 0.15) is 5.75 Å². The minimum atomic E-state index is -4.64. The Labute approximate surface area is 118 Å². The van der Waals surface area contributed by atoms with Crippen molar-refractivity contribution in [3.8, 4) is 5.75 Å². The second kappa shape index (κ2) is 5.28. The van der Waals surface area contributed by atoms with Crippen LogP contribution in [0.2, 0.25) is 0 Å². The lowest BCUT2D eigenvalue weighted by Crippen LogP contribution is -2.14. The molecule has 0 heterocycles. The zero-order valence-corrected chi connectivity index (χ0v) is 11.2. The molecule has 2 aromatic carbocycles. The van der Waals surface area contributed by atoms with Crippen molar-refractivity contribution in [3.63, 3.8) is 0 Å². The molecule has 0 aliphatic rings. The maximum absolute atomic E-state index is 12.6. The molecule has 0 unspecified atom stereocenters. The van der Waals surface area contributed by atoms with Crippen LogP contribution in [0.25, 0.3) is 0 Å². The molecule has 2 aromatic rings. The lowest BCUT2D eigenvalue weighted by Gasteiger charge is -2.11. The number of benzene rings is 2. The topological polar surface area (TPSA) is 66.4 Å². The molecule has 112 valence electrons. The summed E-state index contributed by atoms with van der Waals surface area (Å²) in [7, 11) is -4.23. The van der Waals surface area contributed by atoms with Crippen LogP contribution in [0.15, 0.2) is 53.4 Å². The molecule has 0 atom stereocenters. The maximum atomic E-state index is 12.6. The summed E-state index contributed by atoms with van der Waals surface area (Å²) in [6, 6.07) is 8.85. The van der Waals surface area contributed by atoms with Gasteiger partial charge in [0.05, 0.1) is 16.1 Å². The Hall–Kier alpha value is -2.22. The van der Waals surface area contributed by atoms with E-state index < -0.39 is 26.7 Å². The number of rotatable bonds is 3. The molecule has 2 N–H and O–H groups in total. The lowest BCUT2D eigenvalue weighted by molar-refractivity contribution is -0.137. The van der Waals surface area contributed by atoms with Crippen LogP contribution >= 0.6 is 0 Å². The number of phenols is 1. The van der Waals surface area contributed by atoms with Crippen LogP contribution in [0, 0.1) is 0 Å². The van der Waals surface area contributed by atoms with E-state index in [4.69, 9.17) is 0 Å². The molecule has 0 aliphatic carbocycles. The van der Waals surface area contributed by atoms with Crippen LogP contribution in [-0.2, 0) is 16.2 Å². The van der Waals surface area contributed by atoms with Gasteiger partial charge in [0.15, 0.2) is 0 Å². The second-order valence-corrected chi connectivity index (χ2v) is 5.83. The number of nitrogens with one attached hydrogen (secondary N) is 1. The number of hydrogen-bond acceptors (Lipinski definition) is 3. The third-order valence-corrected chi connectivity index (χ3v) is 3.98. The molecule has 0 aromatic heterocycles. The van der Waals surface area contributed by atoms with Crippen molar-refractivity contribution in [1.82, 2.24) is 0 Å². The van der Waals surface area contributed by atoms with Gasteiger partial charge in [0, 0.05) is 0 Å². The lowest BCUT2D eigenvalue weighted by atomic mass is 10.2. The van der Waals surface area contributed by atoms with E-state index in [0.29, 0.717) is 6.07 Å². The Balaban J connectivity index is 2.39. The van der Waals surface area contributed by atoms with Gasteiger partial charge >= 0.3 is 6.18 Å². The molecule has 21 heavy (non-hydrogen) atoms. The van der Waals surface area contributed by atoms with E-state index >= 15 is 0 Å². The van der Waals surface area contributed by atoms with E-state index in [9.17, 15) is 26.7 Å². The predicted octanol–water partition coefficient (Wildman–Crippen LogP) is 3.21. The maximum Gasteiger partial charge on any atom is 0.416 e. The minimum Gasteiger partial charge on any atom is -0.506 e. The zero-order chi connectivity index (χ0) is 15.7. The first kappa shape index (κ1) is 15.2. The van der Waals surface area contributed by atoms with E-state index in [2.05, 4.69) is 0 Å². The van der Waals surface area contributed by atoms with Gasteiger partial charge in [-0.3, -0.25) is 4.72 Å². The molecule has 0 bridgehead atoms. The van der Waals surface area contributed by atoms with E-state index in [1.165, 1.54) is 24.3 Å². The molecule has 0 fully saturated rings. The second-order valence-electron chi connectivity index (χ2n) is 4.15. The fraction of sp³-hybridized carbons (Fsp3) is 0.0769. The van der Waals surface area contributed by atoms with E-state index in [0.717, 1.165) is 18.2 Å². The van der Waals surface area contributed by atoms with Gasteiger partial charge in [-0.2, -0.15) is 13.2 Å². The van der Waals surface area contributed by atoms with Gasteiger partial charge in [-0.1, -0.05) is 18.2 Å². The molecule has 0 aliphatic heterocycles. The Bertz CT molecular complexity index is 757. The third kappa shape index (κ3) is 3.46. The average Bonchev–Trinajstić information content (AvgIpc) is 2.40. The summed E-state index contributed by atoms with van der Waals surface area (Å²) < 4.78 is 63.9. The summed E-state index contributed by atoms with van der Waals surface area (Å²) in [6.45, 7) is 0. The number of phenolic OH excluding ortho intramolecular Hbond substituents is 1. The Morgan fingerprint density at radius 3 is 2.29 bits per heavy atom. The molecule has 0 saturated carbocycles. The third-order valence-electron chi connectivity index (χ3n) is 2.62. The summed E-state index contributed by atoms with van der Waals surface area (Å²) >= 11 is 0. The van der Waals surface area contributed by atoms with Gasteiger partial charge < -0.3 is 5.11 Å².